The normalized spacial score (nSPS) is 18.6. The number of unbranched alkanes of at least 4 members (excludes halogenated alkanes) is 1. The van der Waals surface area contributed by atoms with Crippen LogP contribution < -0.4 is 5.32 Å². The van der Waals surface area contributed by atoms with Gasteiger partial charge in [-0.2, -0.15) is 0 Å². The minimum Gasteiger partial charge on any atom is -0.370 e. The number of carbonyl (C=O) groups excluding carboxylic acids is 1. The fourth-order valence-electron chi connectivity index (χ4n) is 2.80. The molecule has 1 amide bonds. The Morgan fingerprint density at radius 3 is 3.00 bits per heavy atom. The molecular weight excluding hydrogens is 264 g/mol. The van der Waals surface area contributed by atoms with Gasteiger partial charge in [0, 0.05) is 25.2 Å². The first kappa shape index (κ1) is 15.7. The van der Waals surface area contributed by atoms with E-state index in [1.807, 2.05) is 4.90 Å². The van der Waals surface area contributed by atoms with Crippen molar-refractivity contribution in [1.82, 2.24) is 14.9 Å². The third-order valence-electron chi connectivity index (χ3n) is 4.08. The number of nitrogens with one attached hydrogen (secondary N) is 1. The van der Waals surface area contributed by atoms with Crippen LogP contribution in [0.1, 0.15) is 62.9 Å². The molecule has 0 aliphatic carbocycles. The number of aromatic nitrogens is 2. The highest BCUT2D eigenvalue weighted by molar-refractivity contribution is 5.93. The monoisotopic (exact) mass is 290 g/mol. The van der Waals surface area contributed by atoms with Crippen LogP contribution in [0.3, 0.4) is 0 Å². The molecule has 1 saturated heterocycles. The Bertz CT molecular complexity index is 463. The molecule has 1 aromatic rings. The summed E-state index contributed by atoms with van der Waals surface area (Å²) < 4.78 is 0. The van der Waals surface area contributed by atoms with Crippen LogP contribution in [0.2, 0.25) is 0 Å². The molecule has 0 aromatic carbocycles. The number of likely N-dealkylation sites (tertiary alicyclic amines) is 1. The average molecular weight is 290 g/mol. The maximum absolute atomic E-state index is 12.7. The molecule has 2 rings (SSSR count). The lowest BCUT2D eigenvalue weighted by Gasteiger charge is -2.35. The first-order valence-corrected chi connectivity index (χ1v) is 8.13. The van der Waals surface area contributed by atoms with E-state index >= 15 is 0 Å². The zero-order chi connectivity index (χ0) is 15.1. The average Bonchev–Trinajstić information content (AvgIpc) is 2.54. The van der Waals surface area contributed by atoms with Crippen molar-refractivity contribution in [1.29, 1.82) is 0 Å². The molecular formula is C16H26N4O. The van der Waals surface area contributed by atoms with Gasteiger partial charge >= 0.3 is 0 Å². The van der Waals surface area contributed by atoms with Crippen LogP contribution >= 0.6 is 0 Å². The van der Waals surface area contributed by atoms with Crippen LogP contribution in [0.5, 0.6) is 0 Å². The molecule has 0 saturated carbocycles. The van der Waals surface area contributed by atoms with Gasteiger partial charge in [-0.25, -0.2) is 9.97 Å². The van der Waals surface area contributed by atoms with Gasteiger partial charge in [-0.1, -0.05) is 20.3 Å². The molecule has 1 aliphatic rings. The minimum atomic E-state index is 0.0440. The molecule has 5 heteroatoms. The number of hydrogen-bond acceptors (Lipinski definition) is 4. The summed E-state index contributed by atoms with van der Waals surface area (Å²) in [5, 5.41) is 3.25. The van der Waals surface area contributed by atoms with E-state index in [9.17, 15) is 4.79 Å². The van der Waals surface area contributed by atoms with Crippen LogP contribution in [0.4, 0.5) is 5.82 Å². The second kappa shape index (κ2) is 7.96. The zero-order valence-electron chi connectivity index (χ0n) is 13.1. The van der Waals surface area contributed by atoms with Crippen molar-refractivity contribution < 1.29 is 4.79 Å². The second-order valence-electron chi connectivity index (χ2n) is 5.63. The number of carbonyl (C=O) groups is 1. The van der Waals surface area contributed by atoms with Gasteiger partial charge in [0.2, 0.25) is 0 Å². The van der Waals surface area contributed by atoms with Crippen LogP contribution in [-0.4, -0.2) is 39.9 Å². The van der Waals surface area contributed by atoms with Gasteiger partial charge in [-0.3, -0.25) is 4.79 Å². The van der Waals surface area contributed by atoms with Crippen molar-refractivity contribution >= 4 is 11.7 Å². The predicted octanol–water partition coefficient (Wildman–Crippen LogP) is 3.09. The molecule has 21 heavy (non-hydrogen) atoms. The standard InChI is InChI=1S/C16H26N4O/c1-3-5-9-17-15-11-14(18-12-19-15)16(21)20-10-7-6-8-13(20)4-2/h11-13H,3-10H2,1-2H3,(H,17,18,19). The Balaban J connectivity index is 2.05. The van der Waals surface area contributed by atoms with Crippen LogP contribution in [0, 0.1) is 0 Å². The molecule has 2 heterocycles. The number of amides is 1. The highest BCUT2D eigenvalue weighted by Gasteiger charge is 2.27. The maximum atomic E-state index is 12.7. The lowest BCUT2D eigenvalue weighted by Crippen LogP contribution is -2.43. The maximum Gasteiger partial charge on any atom is 0.272 e. The fourth-order valence-corrected chi connectivity index (χ4v) is 2.80. The molecule has 0 spiro atoms. The van der Waals surface area contributed by atoms with Crippen molar-refractivity contribution in [3.05, 3.63) is 18.1 Å². The SMILES string of the molecule is CCCCNc1cc(C(=O)N2CCCCC2CC)ncn1. The van der Waals surface area contributed by atoms with E-state index in [0.29, 0.717) is 11.7 Å². The molecule has 1 N–H and O–H groups in total. The van der Waals surface area contributed by atoms with E-state index in [4.69, 9.17) is 0 Å². The van der Waals surface area contributed by atoms with E-state index in [2.05, 4.69) is 29.1 Å². The van der Waals surface area contributed by atoms with Crippen molar-refractivity contribution in [2.45, 2.75) is 58.4 Å². The molecule has 1 aliphatic heterocycles. The summed E-state index contributed by atoms with van der Waals surface area (Å²) >= 11 is 0. The molecule has 0 radical (unpaired) electrons. The van der Waals surface area contributed by atoms with Gasteiger partial charge in [-0.15, -0.1) is 0 Å². The smallest absolute Gasteiger partial charge is 0.272 e. The van der Waals surface area contributed by atoms with E-state index in [0.717, 1.165) is 51.0 Å². The van der Waals surface area contributed by atoms with Crippen molar-refractivity contribution in [2.24, 2.45) is 0 Å². The summed E-state index contributed by atoms with van der Waals surface area (Å²) in [6.45, 7) is 6.02. The lowest BCUT2D eigenvalue weighted by atomic mass is 9.99. The topological polar surface area (TPSA) is 58.1 Å². The van der Waals surface area contributed by atoms with Crippen LogP contribution in [-0.2, 0) is 0 Å². The van der Waals surface area contributed by atoms with E-state index in [1.54, 1.807) is 6.07 Å². The minimum absolute atomic E-state index is 0.0440. The molecule has 0 bridgehead atoms. The Labute approximate surface area is 127 Å². The Morgan fingerprint density at radius 1 is 1.38 bits per heavy atom. The van der Waals surface area contributed by atoms with Gasteiger partial charge in [0.25, 0.3) is 5.91 Å². The zero-order valence-corrected chi connectivity index (χ0v) is 13.1. The van der Waals surface area contributed by atoms with E-state index in [-0.39, 0.29) is 5.91 Å². The fraction of sp³-hybridized carbons (Fsp3) is 0.688. The predicted molar refractivity (Wildman–Crippen MR) is 84.4 cm³/mol. The van der Waals surface area contributed by atoms with Gasteiger partial charge < -0.3 is 10.2 Å². The molecule has 1 atom stereocenters. The lowest BCUT2D eigenvalue weighted by molar-refractivity contribution is 0.0602. The van der Waals surface area contributed by atoms with Gasteiger partial charge in [0.15, 0.2) is 0 Å². The van der Waals surface area contributed by atoms with Crippen LogP contribution in [0.25, 0.3) is 0 Å². The van der Waals surface area contributed by atoms with Crippen molar-refractivity contribution in [3.8, 4) is 0 Å². The number of anilines is 1. The van der Waals surface area contributed by atoms with Gasteiger partial charge in [0.05, 0.1) is 0 Å². The molecule has 1 unspecified atom stereocenters. The van der Waals surface area contributed by atoms with E-state index in [1.165, 1.54) is 12.7 Å². The van der Waals surface area contributed by atoms with Crippen molar-refractivity contribution in [2.75, 3.05) is 18.4 Å². The molecule has 116 valence electrons. The third kappa shape index (κ3) is 4.16. The molecule has 1 aromatic heterocycles. The quantitative estimate of drug-likeness (QED) is 0.818. The number of piperidine rings is 1. The summed E-state index contributed by atoms with van der Waals surface area (Å²) in [7, 11) is 0. The number of rotatable bonds is 6. The molecule has 5 nitrogen and oxygen atoms in total. The van der Waals surface area contributed by atoms with Crippen molar-refractivity contribution in [3.63, 3.8) is 0 Å². The summed E-state index contributed by atoms with van der Waals surface area (Å²) in [5.41, 5.74) is 0.504. The van der Waals surface area contributed by atoms with Gasteiger partial charge in [-0.05, 0) is 32.1 Å². The number of nitrogens with zero attached hydrogens (tertiary/aromatic N) is 3. The first-order chi connectivity index (χ1) is 10.3. The third-order valence-corrected chi connectivity index (χ3v) is 4.08. The Morgan fingerprint density at radius 2 is 2.24 bits per heavy atom. The van der Waals surface area contributed by atoms with E-state index < -0.39 is 0 Å². The summed E-state index contributed by atoms with van der Waals surface area (Å²) in [6.07, 6.45) is 8.14. The van der Waals surface area contributed by atoms with Crippen LogP contribution in [0.15, 0.2) is 12.4 Å². The summed E-state index contributed by atoms with van der Waals surface area (Å²) in [5.74, 6) is 0.786. The Kier molecular flexibility index (Phi) is 5.96. The molecule has 1 fully saturated rings. The largest absolute Gasteiger partial charge is 0.370 e. The highest BCUT2D eigenvalue weighted by Crippen LogP contribution is 2.21. The highest BCUT2D eigenvalue weighted by atomic mass is 16.2. The number of hydrogen-bond donors (Lipinski definition) is 1. The first-order valence-electron chi connectivity index (χ1n) is 8.13. The Hall–Kier alpha value is -1.65. The summed E-state index contributed by atoms with van der Waals surface area (Å²) in [4.78, 5) is 23.0. The second-order valence-corrected chi connectivity index (χ2v) is 5.63. The van der Waals surface area contributed by atoms with Gasteiger partial charge in [0.1, 0.15) is 17.8 Å². The summed E-state index contributed by atoms with van der Waals surface area (Å²) in [6, 6.07) is 2.14.